The molecule has 0 aliphatic carbocycles. The number of carbonyl (C=O) groups is 2. The van der Waals surface area contributed by atoms with E-state index in [1.807, 2.05) is 18.2 Å². The molecule has 4 rings (SSSR count). The first-order valence-corrected chi connectivity index (χ1v) is 10.2. The van der Waals surface area contributed by atoms with Crippen molar-refractivity contribution in [3.63, 3.8) is 0 Å². The molecule has 0 unspecified atom stereocenters. The lowest BCUT2D eigenvalue weighted by Crippen LogP contribution is -2.33. The zero-order chi connectivity index (χ0) is 21.3. The van der Waals surface area contributed by atoms with Crippen LogP contribution >= 0.6 is 35.6 Å². The van der Waals surface area contributed by atoms with Gasteiger partial charge in [-0.25, -0.2) is 9.80 Å². The van der Waals surface area contributed by atoms with Crippen LogP contribution in [0.15, 0.2) is 70.0 Å². The van der Waals surface area contributed by atoms with E-state index < -0.39 is 5.97 Å². The highest BCUT2D eigenvalue weighted by Gasteiger charge is 2.32. The molecule has 1 fully saturated rings. The number of amides is 1. The number of thioether (sulfide) groups is 1. The summed E-state index contributed by atoms with van der Waals surface area (Å²) in [5, 5.41) is 10.9. The number of anilines is 1. The second kappa shape index (κ2) is 8.35. The Hall–Kier alpha value is -3.07. The molecule has 9 heteroatoms. The Morgan fingerprint density at radius 2 is 1.80 bits per heavy atom. The molecular formula is C21H13ClN2O4S2. The second-order valence-corrected chi connectivity index (χ2v) is 8.33. The van der Waals surface area contributed by atoms with Crippen LogP contribution in [0.1, 0.15) is 16.1 Å². The van der Waals surface area contributed by atoms with Crippen molar-refractivity contribution in [2.75, 3.05) is 5.43 Å². The van der Waals surface area contributed by atoms with E-state index in [9.17, 15) is 9.59 Å². The number of nitrogens with one attached hydrogen (secondary N) is 1. The standard InChI is InChI=1S/C21H13ClN2O4S2/c22-14-5-1-12(2-6-14)17-10-9-16(28-17)11-18-19(25)24(21(29)30-18)23-15-7-3-13(4-8-15)20(26)27/h1-11,23H,(H,26,27)/b18-11+. The van der Waals surface area contributed by atoms with Crippen LogP contribution in [-0.2, 0) is 4.79 Å². The molecule has 1 aliphatic rings. The minimum absolute atomic E-state index is 0.153. The summed E-state index contributed by atoms with van der Waals surface area (Å²) in [6.45, 7) is 0. The van der Waals surface area contributed by atoms with Crippen molar-refractivity contribution in [1.29, 1.82) is 0 Å². The van der Waals surface area contributed by atoms with Crippen molar-refractivity contribution in [2.45, 2.75) is 0 Å². The molecule has 2 heterocycles. The minimum Gasteiger partial charge on any atom is -0.478 e. The molecule has 1 amide bonds. The van der Waals surface area contributed by atoms with Gasteiger partial charge in [0.15, 0.2) is 4.32 Å². The number of benzene rings is 2. The van der Waals surface area contributed by atoms with E-state index in [-0.39, 0.29) is 11.5 Å². The average Bonchev–Trinajstić information content (AvgIpc) is 3.29. The smallest absolute Gasteiger partial charge is 0.335 e. The molecule has 0 saturated carbocycles. The van der Waals surface area contributed by atoms with E-state index in [0.29, 0.717) is 31.5 Å². The quantitative estimate of drug-likeness (QED) is 0.386. The van der Waals surface area contributed by atoms with Crippen LogP contribution in [0.5, 0.6) is 0 Å². The van der Waals surface area contributed by atoms with Gasteiger partial charge in [0.1, 0.15) is 11.5 Å². The van der Waals surface area contributed by atoms with Gasteiger partial charge in [0.2, 0.25) is 0 Å². The molecule has 0 spiro atoms. The SMILES string of the molecule is O=C(O)c1ccc(NN2C(=O)/C(=C\c3ccc(-c4ccc(Cl)cc4)o3)SC2=S)cc1. The molecule has 30 heavy (non-hydrogen) atoms. The number of carbonyl (C=O) groups excluding carboxylic acids is 1. The number of hydrogen-bond acceptors (Lipinski definition) is 6. The second-order valence-electron chi connectivity index (χ2n) is 6.22. The molecule has 0 radical (unpaired) electrons. The van der Waals surface area contributed by atoms with Crippen molar-refractivity contribution >= 4 is 63.5 Å². The van der Waals surface area contributed by atoms with Crippen LogP contribution in [-0.4, -0.2) is 26.3 Å². The number of rotatable bonds is 5. The largest absolute Gasteiger partial charge is 0.478 e. The highest BCUT2D eigenvalue weighted by Crippen LogP contribution is 2.34. The fourth-order valence-corrected chi connectivity index (χ4v) is 3.99. The number of halogens is 1. The Kier molecular flexibility index (Phi) is 5.63. The predicted octanol–water partition coefficient (Wildman–Crippen LogP) is 5.53. The van der Waals surface area contributed by atoms with Gasteiger partial charge in [-0.2, -0.15) is 0 Å². The minimum atomic E-state index is -1.02. The number of furan rings is 1. The summed E-state index contributed by atoms with van der Waals surface area (Å²) in [4.78, 5) is 24.1. The van der Waals surface area contributed by atoms with Crippen molar-refractivity contribution in [2.24, 2.45) is 0 Å². The van der Waals surface area contributed by atoms with Gasteiger partial charge in [0.25, 0.3) is 5.91 Å². The van der Waals surface area contributed by atoms with Crippen molar-refractivity contribution in [1.82, 2.24) is 5.01 Å². The molecule has 0 atom stereocenters. The molecule has 2 aromatic carbocycles. The molecule has 6 nitrogen and oxygen atoms in total. The fourth-order valence-electron chi connectivity index (χ4n) is 2.71. The van der Waals surface area contributed by atoms with Crippen LogP contribution in [0.25, 0.3) is 17.4 Å². The van der Waals surface area contributed by atoms with Crippen LogP contribution < -0.4 is 5.43 Å². The lowest BCUT2D eigenvalue weighted by Gasteiger charge is -2.17. The molecule has 2 N–H and O–H groups in total. The Bertz CT molecular complexity index is 1170. The van der Waals surface area contributed by atoms with Crippen molar-refractivity contribution in [3.05, 3.63) is 81.9 Å². The van der Waals surface area contributed by atoms with E-state index >= 15 is 0 Å². The van der Waals surface area contributed by atoms with Gasteiger partial charge in [-0.05, 0) is 72.9 Å². The maximum atomic E-state index is 12.8. The summed E-state index contributed by atoms with van der Waals surface area (Å²) < 4.78 is 6.15. The highest BCUT2D eigenvalue weighted by atomic mass is 35.5. The highest BCUT2D eigenvalue weighted by molar-refractivity contribution is 8.26. The monoisotopic (exact) mass is 456 g/mol. The van der Waals surface area contributed by atoms with Gasteiger partial charge in [0, 0.05) is 16.7 Å². The van der Waals surface area contributed by atoms with Gasteiger partial charge in [-0.1, -0.05) is 23.4 Å². The Balaban J connectivity index is 1.50. The van der Waals surface area contributed by atoms with E-state index in [0.717, 1.165) is 17.3 Å². The van der Waals surface area contributed by atoms with Crippen LogP contribution in [0.2, 0.25) is 5.02 Å². The molecule has 1 aromatic heterocycles. The summed E-state index contributed by atoms with van der Waals surface area (Å²) in [7, 11) is 0. The predicted molar refractivity (Wildman–Crippen MR) is 121 cm³/mol. The number of hydrazine groups is 1. The maximum absolute atomic E-state index is 12.8. The first-order chi connectivity index (χ1) is 14.4. The fraction of sp³-hybridized carbons (Fsp3) is 0. The van der Waals surface area contributed by atoms with E-state index in [4.69, 9.17) is 33.3 Å². The first-order valence-electron chi connectivity index (χ1n) is 8.64. The third kappa shape index (κ3) is 4.25. The summed E-state index contributed by atoms with van der Waals surface area (Å²) in [5.74, 6) is -0.167. The lowest BCUT2D eigenvalue weighted by atomic mass is 10.2. The van der Waals surface area contributed by atoms with Gasteiger partial charge < -0.3 is 9.52 Å². The number of thiocarbonyl (C=S) groups is 1. The third-order valence-electron chi connectivity index (χ3n) is 4.20. The van der Waals surface area contributed by atoms with Gasteiger partial charge in [0.05, 0.1) is 16.2 Å². The number of hydrogen-bond donors (Lipinski definition) is 2. The number of carboxylic acid groups (broad SMARTS) is 1. The number of aromatic carboxylic acids is 1. The van der Waals surface area contributed by atoms with Crippen LogP contribution in [0.4, 0.5) is 5.69 Å². The Morgan fingerprint density at radius 1 is 1.10 bits per heavy atom. The summed E-state index contributed by atoms with van der Waals surface area (Å²) >= 11 is 12.4. The molecule has 1 saturated heterocycles. The molecule has 150 valence electrons. The Morgan fingerprint density at radius 3 is 2.47 bits per heavy atom. The third-order valence-corrected chi connectivity index (χ3v) is 5.75. The molecular weight excluding hydrogens is 444 g/mol. The summed E-state index contributed by atoms with van der Waals surface area (Å²) in [6.07, 6.45) is 1.63. The Labute approximate surface area is 186 Å². The van der Waals surface area contributed by atoms with Crippen molar-refractivity contribution < 1.29 is 19.1 Å². The topological polar surface area (TPSA) is 82.8 Å². The van der Waals surface area contributed by atoms with E-state index in [1.54, 1.807) is 36.4 Å². The van der Waals surface area contributed by atoms with Gasteiger partial charge in [-0.15, -0.1) is 0 Å². The van der Waals surface area contributed by atoms with Crippen molar-refractivity contribution in [3.8, 4) is 11.3 Å². The number of carboxylic acids is 1. The van der Waals surface area contributed by atoms with Crippen LogP contribution in [0.3, 0.4) is 0 Å². The lowest BCUT2D eigenvalue weighted by molar-refractivity contribution is -0.121. The maximum Gasteiger partial charge on any atom is 0.335 e. The summed E-state index contributed by atoms with van der Waals surface area (Å²) in [5.41, 5.74) is 4.47. The average molecular weight is 457 g/mol. The van der Waals surface area contributed by atoms with Crippen LogP contribution in [0, 0.1) is 0 Å². The van der Waals surface area contributed by atoms with E-state index in [1.165, 1.54) is 17.1 Å². The van der Waals surface area contributed by atoms with E-state index in [2.05, 4.69) is 5.43 Å². The summed E-state index contributed by atoms with van der Waals surface area (Å²) in [6, 6.07) is 16.9. The first kappa shape index (κ1) is 20.2. The van der Waals surface area contributed by atoms with Gasteiger partial charge >= 0.3 is 5.97 Å². The molecule has 1 aliphatic heterocycles. The zero-order valence-corrected chi connectivity index (χ0v) is 17.6. The number of nitrogens with zero attached hydrogens (tertiary/aromatic N) is 1. The normalized spacial score (nSPS) is 15.1. The zero-order valence-electron chi connectivity index (χ0n) is 15.2. The molecule has 0 bridgehead atoms. The van der Waals surface area contributed by atoms with Gasteiger partial charge in [-0.3, -0.25) is 10.2 Å². The molecule has 3 aromatic rings.